The number of aliphatic hydroxyl groups is 1. The largest absolute Gasteiger partial charge is 0.496 e. The SMILES string of the molecule is COc1cccc2c1C(=O)C1=C(CC(C)=CC1O)C2=O. The van der Waals surface area contributed by atoms with Crippen molar-refractivity contribution in [3.63, 3.8) is 0 Å². The molecule has 20 heavy (non-hydrogen) atoms. The zero-order valence-electron chi connectivity index (χ0n) is 11.3. The molecule has 1 atom stereocenters. The molecule has 0 amide bonds. The predicted molar refractivity (Wildman–Crippen MR) is 73.1 cm³/mol. The number of carbonyl (C=O) groups excluding carboxylic acids is 2. The first-order chi connectivity index (χ1) is 9.54. The Kier molecular flexibility index (Phi) is 2.83. The molecule has 0 saturated heterocycles. The first-order valence-electron chi connectivity index (χ1n) is 6.39. The summed E-state index contributed by atoms with van der Waals surface area (Å²) in [6.45, 7) is 1.84. The highest BCUT2D eigenvalue weighted by Gasteiger charge is 2.38. The van der Waals surface area contributed by atoms with Crippen LogP contribution in [0.15, 0.2) is 41.0 Å². The highest BCUT2D eigenvalue weighted by atomic mass is 16.5. The van der Waals surface area contributed by atoms with Crippen LogP contribution >= 0.6 is 0 Å². The van der Waals surface area contributed by atoms with Crippen LogP contribution in [0.5, 0.6) is 5.75 Å². The number of hydrogen-bond acceptors (Lipinski definition) is 4. The molecule has 0 spiro atoms. The van der Waals surface area contributed by atoms with Gasteiger partial charge in [-0.3, -0.25) is 9.59 Å². The van der Waals surface area contributed by atoms with Gasteiger partial charge in [0, 0.05) is 16.7 Å². The second-order valence-corrected chi connectivity index (χ2v) is 5.07. The highest BCUT2D eigenvalue weighted by molar-refractivity contribution is 6.28. The summed E-state index contributed by atoms with van der Waals surface area (Å²) in [5.41, 5.74) is 2.10. The Morgan fingerprint density at radius 3 is 2.70 bits per heavy atom. The Labute approximate surface area is 116 Å². The predicted octanol–water partition coefficient (Wildman–Crippen LogP) is 2.08. The van der Waals surface area contributed by atoms with Gasteiger partial charge in [-0.05, 0) is 19.4 Å². The number of methoxy groups -OCH3 is 1. The van der Waals surface area contributed by atoms with E-state index in [-0.39, 0.29) is 22.7 Å². The maximum atomic E-state index is 12.6. The molecule has 0 saturated carbocycles. The Balaban J connectivity index is 2.24. The molecule has 1 aromatic carbocycles. The number of hydrogen-bond donors (Lipinski definition) is 1. The fraction of sp³-hybridized carbons (Fsp3) is 0.250. The molecular formula is C16H14O4. The molecule has 2 aliphatic carbocycles. The number of ketones is 2. The Morgan fingerprint density at radius 2 is 2.00 bits per heavy atom. The molecule has 2 aliphatic rings. The zero-order chi connectivity index (χ0) is 14.4. The molecule has 1 unspecified atom stereocenters. The average Bonchev–Trinajstić information content (AvgIpc) is 2.43. The molecular weight excluding hydrogens is 256 g/mol. The minimum absolute atomic E-state index is 0.192. The van der Waals surface area contributed by atoms with E-state index in [0.29, 0.717) is 23.3 Å². The summed E-state index contributed by atoms with van der Waals surface area (Å²) >= 11 is 0. The van der Waals surface area contributed by atoms with Crippen LogP contribution in [-0.2, 0) is 0 Å². The van der Waals surface area contributed by atoms with Gasteiger partial charge in [-0.2, -0.15) is 0 Å². The lowest BCUT2D eigenvalue weighted by Crippen LogP contribution is -2.31. The first kappa shape index (κ1) is 12.8. The number of benzene rings is 1. The topological polar surface area (TPSA) is 63.6 Å². The lowest BCUT2D eigenvalue weighted by molar-refractivity contribution is 0.0943. The zero-order valence-corrected chi connectivity index (χ0v) is 11.3. The molecule has 0 fully saturated rings. The minimum Gasteiger partial charge on any atom is -0.496 e. The number of rotatable bonds is 1. The van der Waals surface area contributed by atoms with Gasteiger partial charge in [0.1, 0.15) is 11.9 Å². The molecule has 0 aliphatic heterocycles. The van der Waals surface area contributed by atoms with Crippen molar-refractivity contribution < 1.29 is 19.4 Å². The monoisotopic (exact) mass is 270 g/mol. The maximum absolute atomic E-state index is 12.6. The van der Waals surface area contributed by atoms with Crippen LogP contribution in [0, 0.1) is 0 Å². The van der Waals surface area contributed by atoms with E-state index in [0.717, 1.165) is 5.57 Å². The van der Waals surface area contributed by atoms with Crippen molar-refractivity contribution in [2.75, 3.05) is 7.11 Å². The summed E-state index contributed by atoms with van der Waals surface area (Å²) in [7, 11) is 1.46. The average molecular weight is 270 g/mol. The van der Waals surface area contributed by atoms with E-state index in [1.165, 1.54) is 7.11 Å². The van der Waals surface area contributed by atoms with Crippen molar-refractivity contribution in [2.45, 2.75) is 19.4 Å². The lowest BCUT2D eigenvalue weighted by Gasteiger charge is -2.27. The van der Waals surface area contributed by atoms with Crippen LogP contribution in [0.25, 0.3) is 0 Å². The van der Waals surface area contributed by atoms with E-state index in [1.54, 1.807) is 24.3 Å². The van der Waals surface area contributed by atoms with E-state index < -0.39 is 6.10 Å². The fourth-order valence-corrected chi connectivity index (χ4v) is 2.86. The molecule has 0 radical (unpaired) electrons. The van der Waals surface area contributed by atoms with Gasteiger partial charge >= 0.3 is 0 Å². The maximum Gasteiger partial charge on any atom is 0.196 e. The van der Waals surface area contributed by atoms with Gasteiger partial charge in [0.2, 0.25) is 0 Å². The summed E-state index contributed by atoms with van der Waals surface area (Å²) in [6.07, 6.45) is 1.01. The van der Waals surface area contributed by atoms with Gasteiger partial charge in [-0.1, -0.05) is 23.8 Å². The Bertz CT molecular complexity index is 694. The Hall–Kier alpha value is -2.20. The molecule has 4 heteroatoms. The summed E-state index contributed by atoms with van der Waals surface area (Å²) in [6, 6.07) is 4.96. The molecule has 1 N–H and O–H groups in total. The first-order valence-corrected chi connectivity index (χ1v) is 6.39. The van der Waals surface area contributed by atoms with Crippen LogP contribution in [0.1, 0.15) is 34.1 Å². The molecule has 3 rings (SSSR count). The number of carbonyl (C=O) groups is 2. The number of fused-ring (bicyclic) bond motifs is 1. The quantitative estimate of drug-likeness (QED) is 0.794. The molecule has 0 bridgehead atoms. The van der Waals surface area contributed by atoms with Crippen molar-refractivity contribution in [1.82, 2.24) is 0 Å². The van der Waals surface area contributed by atoms with Gasteiger partial charge in [-0.25, -0.2) is 0 Å². The molecule has 1 aromatic rings. The van der Waals surface area contributed by atoms with Crippen molar-refractivity contribution in [2.24, 2.45) is 0 Å². The van der Waals surface area contributed by atoms with Gasteiger partial charge in [0.05, 0.1) is 12.7 Å². The van der Waals surface area contributed by atoms with Crippen LogP contribution in [-0.4, -0.2) is 29.9 Å². The molecule has 4 nitrogen and oxygen atoms in total. The fourth-order valence-electron chi connectivity index (χ4n) is 2.86. The van der Waals surface area contributed by atoms with E-state index in [4.69, 9.17) is 4.74 Å². The van der Waals surface area contributed by atoms with E-state index in [2.05, 4.69) is 0 Å². The molecule has 102 valence electrons. The van der Waals surface area contributed by atoms with Crippen LogP contribution < -0.4 is 4.74 Å². The third kappa shape index (κ3) is 1.65. The van der Waals surface area contributed by atoms with E-state index in [1.807, 2.05) is 6.92 Å². The standard InChI is InChI=1S/C16H14O4/c1-8-6-10-13(11(17)7-8)16(19)14-9(15(10)18)4-3-5-12(14)20-2/h3-5,7,11,17H,6H2,1-2H3. The van der Waals surface area contributed by atoms with Crippen molar-refractivity contribution in [3.8, 4) is 5.75 Å². The van der Waals surface area contributed by atoms with Crippen molar-refractivity contribution in [1.29, 1.82) is 0 Å². The second kappa shape index (κ2) is 4.42. The summed E-state index contributed by atoms with van der Waals surface area (Å²) in [5, 5.41) is 10.1. The molecule has 0 aromatic heterocycles. The van der Waals surface area contributed by atoms with E-state index in [9.17, 15) is 14.7 Å². The smallest absolute Gasteiger partial charge is 0.196 e. The minimum atomic E-state index is -1.02. The summed E-state index contributed by atoms with van der Waals surface area (Å²) in [4.78, 5) is 25.2. The normalized spacial score (nSPS) is 21.4. The van der Waals surface area contributed by atoms with Gasteiger partial charge in [0.25, 0.3) is 0 Å². The van der Waals surface area contributed by atoms with E-state index >= 15 is 0 Å². The number of allylic oxidation sites excluding steroid dienone is 2. The van der Waals surface area contributed by atoms with Crippen LogP contribution in [0.4, 0.5) is 0 Å². The molecule has 0 heterocycles. The summed E-state index contributed by atoms with van der Waals surface area (Å²) < 4.78 is 5.17. The highest BCUT2D eigenvalue weighted by Crippen LogP contribution is 2.38. The third-order valence-electron chi connectivity index (χ3n) is 3.76. The number of Topliss-reactive ketones (excluding diaryl/α,β-unsaturated/α-hetero) is 2. The van der Waals surface area contributed by atoms with Gasteiger partial charge < -0.3 is 9.84 Å². The van der Waals surface area contributed by atoms with Crippen molar-refractivity contribution in [3.05, 3.63) is 52.1 Å². The van der Waals surface area contributed by atoms with Gasteiger partial charge in [0.15, 0.2) is 11.6 Å². The van der Waals surface area contributed by atoms with Crippen LogP contribution in [0.3, 0.4) is 0 Å². The summed E-state index contributed by atoms with van der Waals surface area (Å²) in [5.74, 6) is -0.144. The number of aliphatic hydroxyl groups excluding tert-OH is 1. The Morgan fingerprint density at radius 1 is 1.25 bits per heavy atom. The lowest BCUT2D eigenvalue weighted by atomic mass is 9.76. The van der Waals surface area contributed by atoms with Gasteiger partial charge in [-0.15, -0.1) is 0 Å². The number of ether oxygens (including phenoxy) is 1. The second-order valence-electron chi connectivity index (χ2n) is 5.07. The van der Waals surface area contributed by atoms with Crippen molar-refractivity contribution >= 4 is 11.6 Å². The third-order valence-corrected chi connectivity index (χ3v) is 3.76. The van der Waals surface area contributed by atoms with Crippen LogP contribution in [0.2, 0.25) is 0 Å².